The van der Waals surface area contributed by atoms with Gasteiger partial charge in [0.15, 0.2) is 0 Å². The van der Waals surface area contributed by atoms with Gasteiger partial charge in [0.1, 0.15) is 27.6 Å². The number of halogens is 4. The molecule has 244 valence electrons. The first kappa shape index (κ1) is 33.5. The lowest BCUT2D eigenvalue weighted by Gasteiger charge is -2.44. The lowest BCUT2D eigenvalue weighted by molar-refractivity contribution is -0.0114. The Kier molecular flexibility index (Phi) is 8.94. The number of nitrogens with zero attached hydrogens (tertiary/aromatic N) is 3. The molecule has 6 rings (SSSR count). The van der Waals surface area contributed by atoms with Crippen LogP contribution in [0.1, 0.15) is 57.2 Å². The molecule has 3 heterocycles. The summed E-state index contributed by atoms with van der Waals surface area (Å²) >= 11 is 25.7. The Morgan fingerprint density at radius 3 is 2.00 bits per heavy atom. The van der Waals surface area contributed by atoms with E-state index in [9.17, 15) is 13.2 Å². The van der Waals surface area contributed by atoms with Crippen molar-refractivity contribution in [2.24, 2.45) is 4.99 Å². The highest BCUT2D eigenvalue weighted by atomic mass is 35.5. The second-order valence-electron chi connectivity index (χ2n) is 12.4. The smallest absolute Gasteiger partial charge is 0.322 e. The summed E-state index contributed by atoms with van der Waals surface area (Å²) in [4.78, 5) is 20.1. The van der Waals surface area contributed by atoms with Gasteiger partial charge >= 0.3 is 5.37 Å². The van der Waals surface area contributed by atoms with Gasteiger partial charge in [0, 0.05) is 29.2 Å². The zero-order valence-electron chi connectivity index (χ0n) is 25.6. The van der Waals surface area contributed by atoms with Crippen LogP contribution in [0.15, 0.2) is 70.6 Å². The highest BCUT2D eigenvalue weighted by Crippen LogP contribution is 2.54. The fourth-order valence-electron chi connectivity index (χ4n) is 6.72. The molecule has 0 aliphatic carbocycles. The van der Waals surface area contributed by atoms with Crippen LogP contribution in [0.4, 0.5) is 4.79 Å². The van der Waals surface area contributed by atoms with Gasteiger partial charge in [-0.25, -0.2) is 8.42 Å². The molecule has 1 amide bonds. The monoisotopic (exact) mass is 723 g/mol. The summed E-state index contributed by atoms with van der Waals surface area (Å²) in [6.45, 7) is 7.88. The van der Waals surface area contributed by atoms with E-state index in [0.717, 1.165) is 18.4 Å². The average Bonchev–Trinajstić information content (AvgIpc) is 3.45. The molecule has 3 aliphatic rings. The van der Waals surface area contributed by atoms with E-state index in [1.54, 1.807) is 24.3 Å². The maximum absolute atomic E-state index is 14.2. The summed E-state index contributed by atoms with van der Waals surface area (Å²) in [5.74, 6) is 0.377. The van der Waals surface area contributed by atoms with Gasteiger partial charge in [0.2, 0.25) is 10.0 Å². The average molecular weight is 726 g/mol. The predicted octanol–water partition coefficient (Wildman–Crippen LogP) is 8.24. The quantitative estimate of drug-likeness (QED) is 0.181. The molecular formula is C33H33Cl4N3O5S. The third-order valence-electron chi connectivity index (χ3n) is 9.19. The minimum Gasteiger partial charge on any atom is -0.490 e. The normalized spacial score (nSPS) is 26.5. The zero-order valence-corrected chi connectivity index (χ0v) is 29.5. The molecule has 46 heavy (non-hydrogen) atoms. The number of hydrogen-bond acceptors (Lipinski definition) is 6. The van der Waals surface area contributed by atoms with Crippen molar-refractivity contribution in [3.05, 3.63) is 92.4 Å². The Balaban J connectivity index is 1.60. The van der Waals surface area contributed by atoms with Crippen LogP contribution < -0.4 is 4.74 Å². The molecule has 3 aromatic carbocycles. The largest absolute Gasteiger partial charge is 0.490 e. The van der Waals surface area contributed by atoms with Crippen molar-refractivity contribution in [2.45, 2.75) is 74.8 Å². The van der Waals surface area contributed by atoms with Gasteiger partial charge in [-0.15, -0.1) is 0 Å². The summed E-state index contributed by atoms with van der Waals surface area (Å²) in [6.07, 6.45) is 0.942. The van der Waals surface area contributed by atoms with E-state index in [1.807, 2.05) is 52.0 Å². The van der Waals surface area contributed by atoms with Crippen molar-refractivity contribution in [1.29, 1.82) is 0 Å². The first-order valence-corrected chi connectivity index (χ1v) is 17.9. The van der Waals surface area contributed by atoms with Crippen LogP contribution in [-0.4, -0.2) is 60.2 Å². The number of sulfonamides is 1. The molecule has 2 unspecified atom stereocenters. The number of morpholine rings is 1. The number of ether oxygens (including phenoxy) is 2. The maximum Gasteiger partial charge on any atom is 0.322 e. The standard InChI is InChI=1S/C33H33Cl4N3O5S/c1-19(2)44-28-16-27(36)29(46(42,43)39-17-24-13-14-25(18-39)45-24)15-26(28)30-38-32(3,20-5-9-22(34)10-6-20)33(4,40(30)31(37)41)21-7-11-23(35)12-8-21/h5-12,15-16,19,24-25H,13-14,17-18H2,1-4H3/t24-,25+,32?,33?. The van der Waals surface area contributed by atoms with Crippen LogP contribution in [0, 0.1) is 0 Å². The summed E-state index contributed by atoms with van der Waals surface area (Å²) in [6, 6.07) is 17.2. The molecule has 0 aromatic heterocycles. The number of fused-ring (bicyclic) bond motifs is 2. The van der Waals surface area contributed by atoms with Gasteiger partial charge in [0.05, 0.1) is 28.9 Å². The third kappa shape index (κ3) is 5.62. The number of carbonyl (C=O) groups excluding carboxylic acids is 1. The SMILES string of the molecule is CC(C)Oc1cc(Cl)c(S(=O)(=O)N2C[C@H]3CC[C@@H](C2)O3)cc1C1=NC(C)(c2ccc(Cl)cc2)C(C)(c2ccc(Cl)cc2)N1C(=O)Cl. The van der Waals surface area contributed by atoms with Crippen molar-refractivity contribution in [3.63, 3.8) is 0 Å². The fraction of sp³-hybridized carbons (Fsp3) is 0.394. The molecule has 0 N–H and O–H groups in total. The van der Waals surface area contributed by atoms with Crippen molar-refractivity contribution >= 4 is 67.6 Å². The van der Waals surface area contributed by atoms with Crippen molar-refractivity contribution in [1.82, 2.24) is 9.21 Å². The van der Waals surface area contributed by atoms with Gasteiger partial charge in [0.25, 0.3) is 0 Å². The summed E-state index contributed by atoms with van der Waals surface area (Å²) in [5.41, 5.74) is -0.692. The molecular weight excluding hydrogens is 692 g/mol. The molecule has 0 radical (unpaired) electrons. The molecule has 8 nitrogen and oxygen atoms in total. The number of carbonyl (C=O) groups is 1. The second-order valence-corrected chi connectivity index (χ2v) is 15.9. The summed E-state index contributed by atoms with van der Waals surface area (Å²) in [5, 5.41) is 0.208. The van der Waals surface area contributed by atoms with Crippen LogP contribution >= 0.6 is 46.4 Å². The number of amides is 1. The molecule has 4 atom stereocenters. The Morgan fingerprint density at radius 1 is 0.935 bits per heavy atom. The van der Waals surface area contributed by atoms with Crippen molar-refractivity contribution in [2.75, 3.05) is 13.1 Å². The van der Waals surface area contributed by atoms with E-state index in [4.69, 9.17) is 60.9 Å². The molecule has 0 spiro atoms. The van der Waals surface area contributed by atoms with Gasteiger partial charge in [-0.3, -0.25) is 14.7 Å². The van der Waals surface area contributed by atoms with Gasteiger partial charge in [-0.05, 0) is 93.6 Å². The van der Waals surface area contributed by atoms with Crippen LogP contribution in [0.3, 0.4) is 0 Å². The molecule has 2 fully saturated rings. The third-order valence-corrected chi connectivity index (χ3v) is 12.2. The van der Waals surface area contributed by atoms with Crippen molar-refractivity contribution < 1.29 is 22.7 Å². The molecule has 3 aliphatic heterocycles. The van der Waals surface area contributed by atoms with Gasteiger partial charge in [-0.2, -0.15) is 4.31 Å². The number of hydrogen-bond donors (Lipinski definition) is 0. The number of benzene rings is 3. The number of rotatable bonds is 7. The summed E-state index contributed by atoms with van der Waals surface area (Å²) in [7, 11) is -4.08. The highest BCUT2D eigenvalue weighted by Gasteiger charge is 2.59. The Bertz CT molecular complexity index is 1810. The molecule has 2 bridgehead atoms. The lowest BCUT2D eigenvalue weighted by atomic mass is 9.71. The molecule has 0 saturated carbocycles. The zero-order chi connectivity index (χ0) is 33.2. The van der Waals surface area contributed by atoms with Gasteiger partial charge in [-0.1, -0.05) is 59.1 Å². The first-order valence-electron chi connectivity index (χ1n) is 14.9. The van der Waals surface area contributed by atoms with E-state index in [2.05, 4.69) is 0 Å². The van der Waals surface area contributed by atoms with Crippen LogP contribution in [0.5, 0.6) is 5.75 Å². The molecule has 13 heteroatoms. The van der Waals surface area contributed by atoms with Crippen LogP contribution in [0.2, 0.25) is 15.1 Å². The number of amidine groups is 1. The van der Waals surface area contributed by atoms with Gasteiger partial charge < -0.3 is 9.47 Å². The van der Waals surface area contributed by atoms with Crippen LogP contribution in [-0.2, 0) is 25.8 Å². The lowest BCUT2D eigenvalue weighted by Crippen LogP contribution is -2.53. The fourth-order valence-corrected chi connectivity index (χ4v) is 9.24. The topological polar surface area (TPSA) is 88.5 Å². The van der Waals surface area contributed by atoms with E-state index in [1.165, 1.54) is 21.3 Å². The number of aliphatic imine (C=N–C) groups is 1. The first-order chi connectivity index (χ1) is 21.6. The highest BCUT2D eigenvalue weighted by molar-refractivity contribution is 7.89. The van der Waals surface area contributed by atoms with Crippen LogP contribution in [0.25, 0.3) is 0 Å². The van der Waals surface area contributed by atoms with E-state index >= 15 is 0 Å². The predicted molar refractivity (Wildman–Crippen MR) is 181 cm³/mol. The maximum atomic E-state index is 14.2. The van der Waals surface area contributed by atoms with Crippen molar-refractivity contribution in [3.8, 4) is 5.75 Å². The van der Waals surface area contributed by atoms with E-state index in [-0.39, 0.29) is 58.5 Å². The Labute approximate surface area is 289 Å². The summed E-state index contributed by atoms with van der Waals surface area (Å²) < 4.78 is 41.9. The minimum atomic E-state index is -4.08. The second kappa shape index (κ2) is 12.3. The van der Waals surface area contributed by atoms with E-state index in [0.29, 0.717) is 15.6 Å². The van der Waals surface area contributed by atoms with E-state index < -0.39 is 26.5 Å². The molecule has 3 aromatic rings. The Hall–Kier alpha value is -2.37. The minimum absolute atomic E-state index is 0.0125. The molecule has 2 saturated heterocycles. The Morgan fingerprint density at radius 2 is 1.48 bits per heavy atom.